The number of nitriles is 1. The van der Waals surface area contributed by atoms with E-state index in [1.807, 2.05) is 6.07 Å². The number of aromatic hydroxyl groups is 2. The van der Waals surface area contributed by atoms with Crippen LogP contribution in [0.2, 0.25) is 0 Å². The minimum atomic E-state index is -0.933. The van der Waals surface area contributed by atoms with E-state index in [4.69, 9.17) is 14.2 Å². The highest BCUT2D eigenvalue weighted by Crippen LogP contribution is 2.32. The third-order valence-corrected chi connectivity index (χ3v) is 10.1. The molecule has 56 heavy (non-hydrogen) atoms. The first-order valence-electron chi connectivity index (χ1n) is 17.7. The summed E-state index contributed by atoms with van der Waals surface area (Å²) in [7, 11) is 1.60. The van der Waals surface area contributed by atoms with Crippen LogP contribution in [0.1, 0.15) is 42.8 Å². The summed E-state index contributed by atoms with van der Waals surface area (Å²) >= 11 is 1.17. The topological polar surface area (TPSA) is 212 Å². The van der Waals surface area contributed by atoms with Crippen molar-refractivity contribution in [2.45, 2.75) is 39.0 Å². The van der Waals surface area contributed by atoms with Crippen LogP contribution in [0.5, 0.6) is 17.2 Å². The zero-order chi connectivity index (χ0) is 41.2. The van der Waals surface area contributed by atoms with Gasteiger partial charge < -0.3 is 39.5 Å². The van der Waals surface area contributed by atoms with Gasteiger partial charge in [0, 0.05) is 97.8 Å². The molecule has 0 spiro atoms. The first-order chi connectivity index (χ1) is 26.5. The molecular weight excluding hydrogens is 745 g/mol. The molecule has 2 heterocycles. The van der Waals surface area contributed by atoms with Gasteiger partial charge in [0.15, 0.2) is 5.01 Å². The third-order valence-electron chi connectivity index (χ3n) is 9.15. The van der Waals surface area contributed by atoms with E-state index in [2.05, 4.69) is 23.5 Å². The van der Waals surface area contributed by atoms with E-state index in [-0.39, 0.29) is 117 Å². The number of amides is 5. The Balaban J connectivity index is 1.28. The van der Waals surface area contributed by atoms with E-state index in [1.54, 1.807) is 46.0 Å². The van der Waals surface area contributed by atoms with Crippen molar-refractivity contribution >= 4 is 64.4 Å². The predicted octanol–water partition coefficient (Wildman–Crippen LogP) is 1.80. The van der Waals surface area contributed by atoms with E-state index in [1.165, 1.54) is 33.3 Å². The van der Waals surface area contributed by atoms with Gasteiger partial charge in [0.1, 0.15) is 23.3 Å². The van der Waals surface area contributed by atoms with E-state index < -0.39 is 23.3 Å². The van der Waals surface area contributed by atoms with Crippen LogP contribution in [-0.2, 0) is 34.1 Å². The Morgan fingerprint density at radius 1 is 1.00 bits per heavy atom. The molecule has 1 aliphatic heterocycles. The fraction of sp³-hybridized carbons (Fsp3) is 0.410. The van der Waals surface area contributed by atoms with Gasteiger partial charge in [-0.05, 0) is 19.1 Å². The Kier molecular flexibility index (Phi) is 14.7. The Bertz CT molecular complexity index is 2140. The maximum atomic E-state index is 13.5. The van der Waals surface area contributed by atoms with Gasteiger partial charge in [-0.1, -0.05) is 27.0 Å². The molecule has 1 aliphatic rings. The number of benzene rings is 2. The number of ether oxygens (including phenoxy) is 3. The molecule has 0 bridgehead atoms. The van der Waals surface area contributed by atoms with Gasteiger partial charge in [-0.2, -0.15) is 5.26 Å². The number of hydrogen-bond acceptors (Lipinski definition) is 13. The number of nitrogens with one attached hydrogen (secondary N) is 1. The standard InChI is InChI=1S/C39H46N6O10S/c1-24-25(2)37(51)35(26(3)36(24)50)39(4,5)22-34(49)43(6)14-15-44(38(52)55-27-7-8-28-29(21-27)56-31(23-40)42-28)16-18-54-20-19-53-17-11-30(46)41-12-13-45-32(47)9-10-33(45)48/h7-10,21,50-51H,2-3,11-20,22H2,1,4-6H3,(H,41,46). The molecule has 17 heteroatoms. The quantitative estimate of drug-likeness (QED) is 0.0902. The van der Waals surface area contributed by atoms with Crippen molar-refractivity contribution < 1.29 is 48.4 Å². The number of carbonyl (C=O) groups excluding carboxylic acids is 5. The Morgan fingerprint density at radius 2 is 1.68 bits per heavy atom. The molecule has 0 unspecified atom stereocenters. The summed E-state index contributed by atoms with van der Waals surface area (Å²) in [5, 5.41) is 34.1. The first kappa shape index (κ1) is 42.9. The second-order valence-electron chi connectivity index (χ2n) is 13.6. The van der Waals surface area contributed by atoms with Crippen LogP contribution in [0, 0.1) is 18.3 Å². The lowest BCUT2D eigenvalue weighted by molar-refractivity contribution is -0.137. The lowest BCUT2D eigenvalue weighted by atomic mass is 9.78. The van der Waals surface area contributed by atoms with Crippen LogP contribution in [0.3, 0.4) is 0 Å². The number of thiazole rings is 1. The summed E-state index contributed by atoms with van der Waals surface area (Å²) in [5.41, 5.74) is 0.393. The number of fused-ring (bicyclic) bond motifs is 1. The number of phenols is 2. The number of hydrogen-bond donors (Lipinski definition) is 3. The highest BCUT2D eigenvalue weighted by Gasteiger charge is 2.31. The van der Waals surface area contributed by atoms with E-state index in [9.17, 15) is 39.4 Å². The van der Waals surface area contributed by atoms with Crippen molar-refractivity contribution in [2.24, 2.45) is 0 Å². The van der Waals surface area contributed by atoms with Crippen molar-refractivity contribution in [3.05, 3.63) is 56.9 Å². The third kappa shape index (κ3) is 10.9. The van der Waals surface area contributed by atoms with Gasteiger partial charge in [-0.3, -0.25) is 24.1 Å². The molecule has 16 nitrogen and oxygen atoms in total. The lowest BCUT2D eigenvalue weighted by Gasteiger charge is -2.30. The summed E-state index contributed by atoms with van der Waals surface area (Å²) in [6, 6.07) is 6.85. The van der Waals surface area contributed by atoms with Crippen LogP contribution in [-0.4, -0.2) is 126 Å². The normalized spacial score (nSPS) is 12.6. The largest absolute Gasteiger partial charge is 0.507 e. The monoisotopic (exact) mass is 790 g/mol. The number of likely N-dealkylation sites (N-methyl/N-ethyl adjacent to an activating group) is 1. The average molecular weight is 791 g/mol. The maximum Gasteiger partial charge on any atom is 0.415 e. The van der Waals surface area contributed by atoms with Gasteiger partial charge in [0.25, 0.3) is 11.8 Å². The summed E-state index contributed by atoms with van der Waals surface area (Å²) in [4.78, 5) is 70.2. The van der Waals surface area contributed by atoms with Gasteiger partial charge >= 0.3 is 6.09 Å². The van der Waals surface area contributed by atoms with Crippen LogP contribution in [0.15, 0.2) is 30.4 Å². The second kappa shape index (κ2) is 19.2. The van der Waals surface area contributed by atoms with Crippen LogP contribution in [0.25, 0.3) is 23.4 Å². The predicted molar refractivity (Wildman–Crippen MR) is 207 cm³/mol. The minimum absolute atomic E-state index is 0.0470. The smallest absolute Gasteiger partial charge is 0.415 e. The Labute approximate surface area is 327 Å². The zero-order valence-corrected chi connectivity index (χ0v) is 32.7. The van der Waals surface area contributed by atoms with Crippen molar-refractivity contribution in [1.29, 1.82) is 5.26 Å². The van der Waals surface area contributed by atoms with Crippen molar-refractivity contribution in [2.75, 3.05) is 66.2 Å². The van der Waals surface area contributed by atoms with Gasteiger partial charge in [-0.15, -0.1) is 11.3 Å². The number of nitrogens with zero attached hydrogens (tertiary/aromatic N) is 5. The van der Waals surface area contributed by atoms with Crippen molar-refractivity contribution in [3.63, 3.8) is 0 Å². The van der Waals surface area contributed by atoms with Crippen LogP contribution >= 0.6 is 11.3 Å². The highest BCUT2D eigenvalue weighted by molar-refractivity contribution is 7.19. The molecule has 3 N–H and O–H groups in total. The number of carbonyl (C=O) groups is 5. The fourth-order valence-electron chi connectivity index (χ4n) is 5.87. The molecule has 3 aromatic rings. The second-order valence-corrected chi connectivity index (χ2v) is 14.7. The van der Waals surface area contributed by atoms with Gasteiger partial charge in [-0.25, -0.2) is 9.78 Å². The Hall–Kier alpha value is -5.83. The molecule has 5 amide bonds. The van der Waals surface area contributed by atoms with E-state index in [0.717, 1.165) is 4.90 Å². The zero-order valence-electron chi connectivity index (χ0n) is 31.9. The number of aromatic nitrogens is 1. The lowest BCUT2D eigenvalue weighted by Crippen LogP contribution is -2.43. The number of imide groups is 1. The number of phenolic OH excluding ortho intramolecular Hbond substituents is 2. The van der Waals surface area contributed by atoms with E-state index >= 15 is 0 Å². The summed E-state index contributed by atoms with van der Waals surface area (Å²) in [6.45, 7) is 14.0. The molecule has 1 aromatic heterocycles. The molecular formula is C39H46N6O10S. The minimum Gasteiger partial charge on any atom is -0.507 e. The van der Waals surface area contributed by atoms with E-state index in [0.29, 0.717) is 21.3 Å². The van der Waals surface area contributed by atoms with Gasteiger partial charge in [0.2, 0.25) is 11.8 Å². The molecule has 0 aliphatic carbocycles. The molecule has 0 fully saturated rings. The fourth-order valence-corrected chi connectivity index (χ4v) is 6.66. The van der Waals surface area contributed by atoms with Crippen LogP contribution < -0.4 is 20.5 Å². The molecule has 298 valence electrons. The van der Waals surface area contributed by atoms with Crippen molar-refractivity contribution in [3.8, 4) is 23.3 Å². The average Bonchev–Trinajstić information content (AvgIpc) is 3.72. The molecule has 0 radical (unpaired) electrons. The molecule has 4 rings (SSSR count). The maximum absolute atomic E-state index is 13.5. The summed E-state index contributed by atoms with van der Waals surface area (Å²) in [5.74, 6) is -1.39. The highest BCUT2D eigenvalue weighted by atomic mass is 32.1. The summed E-state index contributed by atoms with van der Waals surface area (Å²) in [6.07, 6.45) is 1.68. The molecule has 2 aromatic carbocycles. The van der Waals surface area contributed by atoms with Gasteiger partial charge in [0.05, 0.1) is 36.6 Å². The molecule has 0 atom stereocenters. The SMILES string of the molecule is C=c1c(C)c(O)c(=C)c(C(C)(C)CC(=O)N(C)CCN(CCOCCOCCC(=O)NCCN2C(=O)C=CC2=O)C(=O)Oc2ccc3nc(C#N)sc3c2)c1O. The number of rotatable bonds is 19. The molecule has 0 saturated heterocycles. The first-order valence-corrected chi connectivity index (χ1v) is 18.6. The Morgan fingerprint density at radius 3 is 2.36 bits per heavy atom. The van der Waals surface area contributed by atoms with Crippen LogP contribution in [0.4, 0.5) is 4.79 Å². The molecule has 0 saturated carbocycles. The van der Waals surface area contributed by atoms with Crippen molar-refractivity contribution in [1.82, 2.24) is 25.0 Å². The summed E-state index contributed by atoms with van der Waals surface area (Å²) < 4.78 is 17.5.